The fraction of sp³-hybridized carbons (Fsp3) is 0.923. The minimum Gasteiger partial charge on any atom is -0.353 e. The predicted octanol–water partition coefficient (Wildman–Crippen LogP) is 0.857. The number of hydrogen-bond donors (Lipinski definition) is 2. The molecule has 0 aromatic heterocycles. The molecule has 1 aliphatic heterocycles. The van der Waals surface area contributed by atoms with E-state index in [1.54, 1.807) is 0 Å². The van der Waals surface area contributed by atoms with Gasteiger partial charge in [-0.1, -0.05) is 6.42 Å². The maximum absolute atomic E-state index is 11.8. The SMILES string of the molecule is CC1CCCCN1C(CN)CC(=O)NC1CC1. The van der Waals surface area contributed by atoms with Crippen molar-refractivity contribution in [3.8, 4) is 0 Å². The number of rotatable bonds is 5. The first kappa shape index (κ1) is 12.8. The third kappa shape index (κ3) is 3.68. The average Bonchev–Trinajstić information content (AvgIpc) is 3.11. The molecule has 17 heavy (non-hydrogen) atoms. The number of hydrogen-bond acceptors (Lipinski definition) is 3. The van der Waals surface area contributed by atoms with Gasteiger partial charge < -0.3 is 11.1 Å². The van der Waals surface area contributed by atoms with E-state index in [4.69, 9.17) is 5.73 Å². The molecule has 1 heterocycles. The predicted molar refractivity (Wildman–Crippen MR) is 68.6 cm³/mol. The molecule has 0 spiro atoms. The van der Waals surface area contributed by atoms with Crippen molar-refractivity contribution in [1.29, 1.82) is 0 Å². The summed E-state index contributed by atoms with van der Waals surface area (Å²) >= 11 is 0. The van der Waals surface area contributed by atoms with E-state index in [-0.39, 0.29) is 11.9 Å². The smallest absolute Gasteiger partial charge is 0.221 e. The number of carbonyl (C=O) groups excluding carboxylic acids is 1. The number of amides is 1. The van der Waals surface area contributed by atoms with Crippen molar-refractivity contribution < 1.29 is 4.79 Å². The van der Waals surface area contributed by atoms with Crippen molar-refractivity contribution >= 4 is 5.91 Å². The molecule has 1 amide bonds. The normalized spacial score (nSPS) is 27.8. The third-order valence-electron chi connectivity index (χ3n) is 3.96. The highest BCUT2D eigenvalue weighted by atomic mass is 16.1. The minimum atomic E-state index is 0.181. The Morgan fingerprint density at radius 1 is 1.41 bits per heavy atom. The lowest BCUT2D eigenvalue weighted by atomic mass is 9.99. The van der Waals surface area contributed by atoms with Crippen molar-refractivity contribution in [2.75, 3.05) is 13.1 Å². The maximum atomic E-state index is 11.8. The zero-order chi connectivity index (χ0) is 12.3. The second-order valence-corrected chi connectivity index (χ2v) is 5.52. The quantitative estimate of drug-likeness (QED) is 0.748. The summed E-state index contributed by atoms with van der Waals surface area (Å²) in [5.41, 5.74) is 5.84. The molecule has 2 rings (SSSR count). The van der Waals surface area contributed by atoms with Gasteiger partial charge in [-0.25, -0.2) is 0 Å². The van der Waals surface area contributed by atoms with Gasteiger partial charge in [0.2, 0.25) is 5.91 Å². The van der Waals surface area contributed by atoms with Crippen LogP contribution in [0.15, 0.2) is 0 Å². The Morgan fingerprint density at radius 3 is 2.76 bits per heavy atom. The van der Waals surface area contributed by atoms with Gasteiger partial charge in [-0.3, -0.25) is 9.69 Å². The monoisotopic (exact) mass is 239 g/mol. The second-order valence-electron chi connectivity index (χ2n) is 5.52. The van der Waals surface area contributed by atoms with Gasteiger partial charge in [-0.05, 0) is 39.2 Å². The van der Waals surface area contributed by atoms with Crippen molar-refractivity contribution in [2.45, 2.75) is 63.6 Å². The van der Waals surface area contributed by atoms with Crippen LogP contribution in [0.2, 0.25) is 0 Å². The molecule has 4 heteroatoms. The van der Waals surface area contributed by atoms with Crippen LogP contribution in [0.25, 0.3) is 0 Å². The van der Waals surface area contributed by atoms with Crippen molar-refractivity contribution in [1.82, 2.24) is 10.2 Å². The Morgan fingerprint density at radius 2 is 2.18 bits per heavy atom. The summed E-state index contributed by atoms with van der Waals surface area (Å²) in [6.45, 7) is 3.93. The molecule has 2 unspecified atom stereocenters. The van der Waals surface area contributed by atoms with E-state index in [0.29, 0.717) is 25.0 Å². The molecule has 0 radical (unpaired) electrons. The lowest BCUT2D eigenvalue weighted by Crippen LogP contribution is -2.50. The summed E-state index contributed by atoms with van der Waals surface area (Å²) < 4.78 is 0. The molecule has 3 N–H and O–H groups in total. The van der Waals surface area contributed by atoms with E-state index in [1.807, 2.05) is 0 Å². The summed E-state index contributed by atoms with van der Waals surface area (Å²) in [6.07, 6.45) is 6.66. The highest BCUT2D eigenvalue weighted by Gasteiger charge is 2.29. The fourth-order valence-corrected chi connectivity index (χ4v) is 2.73. The molecule has 4 nitrogen and oxygen atoms in total. The van der Waals surface area contributed by atoms with E-state index in [1.165, 1.54) is 19.3 Å². The first-order valence-corrected chi connectivity index (χ1v) is 6.96. The van der Waals surface area contributed by atoms with Gasteiger partial charge in [0.25, 0.3) is 0 Å². The van der Waals surface area contributed by atoms with Crippen LogP contribution in [0.4, 0.5) is 0 Å². The van der Waals surface area contributed by atoms with Gasteiger partial charge in [0, 0.05) is 31.1 Å². The summed E-state index contributed by atoms with van der Waals surface area (Å²) in [5.74, 6) is 0.181. The Labute approximate surface area is 104 Å². The van der Waals surface area contributed by atoms with Gasteiger partial charge in [0.05, 0.1) is 0 Å². The van der Waals surface area contributed by atoms with Crippen LogP contribution in [0, 0.1) is 0 Å². The number of nitrogens with one attached hydrogen (secondary N) is 1. The first-order chi connectivity index (χ1) is 8.20. The van der Waals surface area contributed by atoms with E-state index in [2.05, 4.69) is 17.1 Å². The lowest BCUT2D eigenvalue weighted by molar-refractivity contribution is -0.122. The number of nitrogens with zero attached hydrogens (tertiary/aromatic N) is 1. The standard InChI is InChI=1S/C13H25N3O/c1-10-4-2-3-7-16(10)12(9-14)8-13(17)15-11-5-6-11/h10-12H,2-9,14H2,1H3,(H,15,17). The van der Waals surface area contributed by atoms with Crippen molar-refractivity contribution in [3.05, 3.63) is 0 Å². The first-order valence-electron chi connectivity index (χ1n) is 6.96. The molecule has 0 aromatic carbocycles. The minimum absolute atomic E-state index is 0.181. The Kier molecular flexibility index (Phi) is 4.40. The summed E-state index contributed by atoms with van der Waals surface area (Å²) in [6, 6.07) is 1.26. The molecule has 1 saturated carbocycles. The number of carbonyl (C=O) groups is 1. The van der Waals surface area contributed by atoms with Crippen LogP contribution < -0.4 is 11.1 Å². The highest BCUT2D eigenvalue weighted by molar-refractivity contribution is 5.77. The number of likely N-dealkylation sites (tertiary alicyclic amines) is 1. The Bertz CT molecular complexity index is 265. The van der Waals surface area contributed by atoms with Crippen molar-refractivity contribution in [3.63, 3.8) is 0 Å². The topological polar surface area (TPSA) is 58.4 Å². The van der Waals surface area contributed by atoms with Crippen LogP contribution in [0.3, 0.4) is 0 Å². The second kappa shape index (κ2) is 5.83. The molecule has 1 saturated heterocycles. The van der Waals surface area contributed by atoms with Gasteiger partial charge in [-0.2, -0.15) is 0 Å². The van der Waals surface area contributed by atoms with Gasteiger partial charge in [-0.15, -0.1) is 0 Å². The van der Waals surface area contributed by atoms with Gasteiger partial charge in [0.1, 0.15) is 0 Å². The van der Waals surface area contributed by atoms with E-state index >= 15 is 0 Å². The molecular formula is C13H25N3O. The van der Waals surface area contributed by atoms with Crippen LogP contribution in [0.5, 0.6) is 0 Å². The molecule has 0 bridgehead atoms. The van der Waals surface area contributed by atoms with E-state index in [0.717, 1.165) is 19.4 Å². The molecule has 2 fully saturated rings. The van der Waals surface area contributed by atoms with Gasteiger partial charge in [0.15, 0.2) is 0 Å². The van der Waals surface area contributed by atoms with Crippen LogP contribution in [-0.2, 0) is 4.79 Å². The van der Waals surface area contributed by atoms with Crippen molar-refractivity contribution in [2.24, 2.45) is 5.73 Å². The average molecular weight is 239 g/mol. The Hall–Kier alpha value is -0.610. The fourth-order valence-electron chi connectivity index (χ4n) is 2.73. The maximum Gasteiger partial charge on any atom is 0.221 e. The molecule has 2 atom stereocenters. The van der Waals surface area contributed by atoms with Gasteiger partial charge >= 0.3 is 0 Å². The largest absolute Gasteiger partial charge is 0.353 e. The highest BCUT2D eigenvalue weighted by Crippen LogP contribution is 2.22. The van der Waals surface area contributed by atoms with E-state index in [9.17, 15) is 4.79 Å². The molecule has 0 aromatic rings. The summed E-state index contributed by atoms with van der Waals surface area (Å²) in [5, 5.41) is 3.05. The summed E-state index contributed by atoms with van der Waals surface area (Å²) in [4.78, 5) is 14.2. The summed E-state index contributed by atoms with van der Waals surface area (Å²) in [7, 11) is 0. The van der Waals surface area contributed by atoms with E-state index < -0.39 is 0 Å². The lowest BCUT2D eigenvalue weighted by Gasteiger charge is -2.39. The number of piperidine rings is 1. The van der Waals surface area contributed by atoms with Crippen LogP contribution in [-0.4, -0.2) is 42.0 Å². The molecule has 1 aliphatic carbocycles. The zero-order valence-corrected chi connectivity index (χ0v) is 10.8. The molecule has 2 aliphatic rings. The third-order valence-corrected chi connectivity index (χ3v) is 3.96. The van der Waals surface area contributed by atoms with Crippen LogP contribution >= 0.6 is 0 Å². The molecule has 98 valence electrons. The number of nitrogens with two attached hydrogens (primary N) is 1. The molecular weight excluding hydrogens is 214 g/mol. The zero-order valence-electron chi connectivity index (χ0n) is 10.8. The Balaban J connectivity index is 1.83. The van der Waals surface area contributed by atoms with Crippen LogP contribution in [0.1, 0.15) is 45.4 Å².